The molecule has 0 bridgehead atoms. The van der Waals surface area contributed by atoms with Gasteiger partial charge in [-0.15, -0.1) is 6.58 Å². The third-order valence-electron chi connectivity index (χ3n) is 6.94. The van der Waals surface area contributed by atoms with Crippen LogP contribution in [0.1, 0.15) is 37.7 Å². The molecule has 9 heteroatoms. The molecule has 0 spiro atoms. The number of nitrogens with one attached hydrogen (secondary N) is 2. The minimum atomic E-state index is -3.63. The van der Waals surface area contributed by atoms with Crippen molar-refractivity contribution in [3.05, 3.63) is 67.0 Å². The van der Waals surface area contributed by atoms with Gasteiger partial charge in [-0.05, 0) is 48.7 Å². The highest BCUT2D eigenvalue weighted by Gasteiger charge is 2.34. The molecule has 2 aromatic rings. The smallest absolute Gasteiger partial charge is 0.319 e. The summed E-state index contributed by atoms with van der Waals surface area (Å²) >= 11 is 0. The number of urea groups is 1. The Morgan fingerprint density at radius 2 is 1.80 bits per heavy atom. The lowest BCUT2D eigenvalue weighted by Gasteiger charge is -2.42. The SMILES string of the molecule is C=CC(N1CCN(C2CCCCC2)CC1)S(=O)(=O)c1ccc(NC(=O)NCc2cccnc2)cc1. The highest BCUT2D eigenvalue weighted by Crippen LogP contribution is 2.26. The van der Waals surface area contributed by atoms with Crippen molar-refractivity contribution in [2.45, 2.75) is 55.0 Å². The standard InChI is InChI=1S/C26H35N5O3S/c1-2-25(31-17-15-30(16-18-31)23-8-4-3-5-9-23)35(33,34)24-12-10-22(11-13-24)29-26(32)28-20-21-7-6-14-27-19-21/h2,6-7,10-14,19,23,25H,1,3-5,8-9,15-18,20H2,(H2,28,29,32). The molecule has 188 valence electrons. The van der Waals surface area contributed by atoms with Crippen molar-refractivity contribution >= 4 is 21.6 Å². The zero-order valence-corrected chi connectivity index (χ0v) is 20.9. The number of hydrogen-bond acceptors (Lipinski definition) is 6. The summed E-state index contributed by atoms with van der Waals surface area (Å²) < 4.78 is 26.8. The Morgan fingerprint density at radius 3 is 2.43 bits per heavy atom. The third kappa shape index (κ3) is 6.48. The van der Waals surface area contributed by atoms with Crippen LogP contribution in [-0.2, 0) is 16.4 Å². The summed E-state index contributed by atoms with van der Waals surface area (Å²) in [6.07, 6.45) is 11.3. The Morgan fingerprint density at radius 1 is 1.09 bits per heavy atom. The fourth-order valence-corrected chi connectivity index (χ4v) is 6.65. The van der Waals surface area contributed by atoms with Crippen LogP contribution >= 0.6 is 0 Å². The van der Waals surface area contributed by atoms with E-state index >= 15 is 0 Å². The van der Waals surface area contributed by atoms with Crippen LogP contribution in [-0.4, -0.2) is 66.8 Å². The summed E-state index contributed by atoms with van der Waals surface area (Å²) in [4.78, 5) is 21.0. The molecule has 4 rings (SSSR count). The molecule has 8 nitrogen and oxygen atoms in total. The molecule has 1 saturated heterocycles. The van der Waals surface area contributed by atoms with Crippen molar-refractivity contribution in [3.63, 3.8) is 0 Å². The maximum Gasteiger partial charge on any atom is 0.319 e. The van der Waals surface area contributed by atoms with Crippen molar-refractivity contribution in [1.29, 1.82) is 0 Å². The molecular weight excluding hydrogens is 462 g/mol. The van der Waals surface area contributed by atoms with E-state index in [9.17, 15) is 13.2 Å². The maximum absolute atomic E-state index is 13.4. The first kappa shape index (κ1) is 25.3. The highest BCUT2D eigenvalue weighted by atomic mass is 32.2. The molecule has 1 aliphatic heterocycles. The molecule has 2 N–H and O–H groups in total. The molecule has 2 heterocycles. The monoisotopic (exact) mass is 497 g/mol. The molecule has 35 heavy (non-hydrogen) atoms. The van der Waals surface area contributed by atoms with Gasteiger partial charge in [-0.3, -0.25) is 14.8 Å². The van der Waals surface area contributed by atoms with Gasteiger partial charge in [0.1, 0.15) is 5.37 Å². The van der Waals surface area contributed by atoms with Crippen molar-refractivity contribution in [2.24, 2.45) is 0 Å². The van der Waals surface area contributed by atoms with Gasteiger partial charge in [0.2, 0.25) is 0 Å². The van der Waals surface area contributed by atoms with E-state index in [-0.39, 0.29) is 10.9 Å². The van der Waals surface area contributed by atoms with Gasteiger partial charge in [-0.1, -0.05) is 31.4 Å². The van der Waals surface area contributed by atoms with Crippen LogP contribution in [0.5, 0.6) is 0 Å². The molecule has 2 fully saturated rings. The van der Waals surface area contributed by atoms with Crippen LogP contribution in [0.2, 0.25) is 0 Å². The highest BCUT2D eigenvalue weighted by molar-refractivity contribution is 7.92. The summed E-state index contributed by atoms with van der Waals surface area (Å²) in [5.74, 6) is 0. The lowest BCUT2D eigenvalue weighted by molar-refractivity contribution is 0.0786. The predicted octanol–water partition coefficient (Wildman–Crippen LogP) is 3.64. The van der Waals surface area contributed by atoms with Crippen molar-refractivity contribution in [2.75, 3.05) is 31.5 Å². The van der Waals surface area contributed by atoms with E-state index in [1.807, 2.05) is 11.0 Å². The molecule has 0 radical (unpaired) electrons. The number of benzene rings is 1. The van der Waals surface area contributed by atoms with E-state index in [0.717, 1.165) is 18.7 Å². The Kier molecular flexibility index (Phi) is 8.54. The van der Waals surface area contributed by atoms with Gasteiger partial charge in [-0.25, -0.2) is 13.2 Å². The fraction of sp³-hybridized carbons (Fsp3) is 0.462. The summed E-state index contributed by atoms with van der Waals surface area (Å²) in [5, 5.41) is 4.72. The predicted molar refractivity (Wildman–Crippen MR) is 138 cm³/mol. The van der Waals surface area contributed by atoms with Crippen LogP contribution in [0, 0.1) is 0 Å². The van der Waals surface area contributed by atoms with E-state index < -0.39 is 15.2 Å². The van der Waals surface area contributed by atoms with Gasteiger partial charge in [0.05, 0.1) is 4.90 Å². The average molecular weight is 498 g/mol. The third-order valence-corrected chi connectivity index (χ3v) is 8.99. The van der Waals surface area contributed by atoms with Gasteiger partial charge in [0, 0.05) is 56.8 Å². The minimum Gasteiger partial charge on any atom is -0.334 e. The van der Waals surface area contributed by atoms with Gasteiger partial charge in [0.25, 0.3) is 0 Å². The Balaban J connectivity index is 1.33. The first-order valence-electron chi connectivity index (χ1n) is 12.4. The summed E-state index contributed by atoms with van der Waals surface area (Å²) in [7, 11) is -3.63. The van der Waals surface area contributed by atoms with E-state index in [0.29, 0.717) is 31.4 Å². The molecule has 2 amide bonds. The minimum absolute atomic E-state index is 0.221. The molecule has 1 unspecified atom stereocenters. The molecule has 1 aromatic heterocycles. The average Bonchev–Trinajstić information content (AvgIpc) is 2.90. The van der Waals surface area contributed by atoms with Crippen molar-refractivity contribution in [1.82, 2.24) is 20.1 Å². The number of pyridine rings is 1. The number of piperazine rings is 1. The van der Waals surface area contributed by atoms with Gasteiger partial charge in [0.15, 0.2) is 9.84 Å². The molecule has 2 aliphatic rings. The van der Waals surface area contributed by atoms with Crippen LogP contribution < -0.4 is 10.6 Å². The number of anilines is 1. The first-order valence-corrected chi connectivity index (χ1v) is 13.9. The second kappa shape index (κ2) is 11.8. The summed E-state index contributed by atoms with van der Waals surface area (Å²) in [5.41, 5.74) is 1.41. The number of nitrogens with zero attached hydrogens (tertiary/aromatic N) is 3. The van der Waals surface area contributed by atoms with Gasteiger partial charge < -0.3 is 10.6 Å². The number of amides is 2. The van der Waals surface area contributed by atoms with Crippen LogP contribution in [0.3, 0.4) is 0 Å². The van der Waals surface area contributed by atoms with E-state index in [1.165, 1.54) is 38.2 Å². The van der Waals surface area contributed by atoms with Crippen molar-refractivity contribution < 1.29 is 13.2 Å². The molecule has 1 aliphatic carbocycles. The Bertz CT molecular complexity index is 1080. The summed E-state index contributed by atoms with van der Waals surface area (Å²) in [6.45, 7) is 7.39. The Hall–Kier alpha value is -2.75. The topological polar surface area (TPSA) is 94.6 Å². The zero-order chi connectivity index (χ0) is 24.7. The molecule has 1 saturated carbocycles. The Labute approximate surface area is 208 Å². The molecular formula is C26H35N5O3S. The second-order valence-electron chi connectivity index (χ2n) is 9.23. The lowest BCUT2D eigenvalue weighted by atomic mass is 9.94. The number of hydrogen-bond donors (Lipinski definition) is 2. The first-order chi connectivity index (χ1) is 17.0. The fourth-order valence-electron chi connectivity index (χ4n) is 5.00. The summed E-state index contributed by atoms with van der Waals surface area (Å²) in [6, 6.07) is 10.3. The van der Waals surface area contributed by atoms with Crippen LogP contribution in [0.4, 0.5) is 10.5 Å². The van der Waals surface area contributed by atoms with E-state index in [1.54, 1.807) is 42.7 Å². The zero-order valence-electron chi connectivity index (χ0n) is 20.1. The molecule has 1 atom stereocenters. The lowest BCUT2D eigenvalue weighted by Crippen LogP contribution is -2.54. The number of carbonyl (C=O) groups is 1. The normalized spacial score (nSPS) is 19.1. The number of rotatable bonds is 8. The quantitative estimate of drug-likeness (QED) is 0.541. The van der Waals surface area contributed by atoms with Crippen molar-refractivity contribution in [3.8, 4) is 0 Å². The maximum atomic E-state index is 13.4. The number of sulfone groups is 1. The van der Waals surface area contributed by atoms with Crippen LogP contribution in [0.15, 0.2) is 66.3 Å². The molecule has 1 aromatic carbocycles. The van der Waals surface area contributed by atoms with E-state index in [4.69, 9.17) is 0 Å². The number of carbonyl (C=O) groups excluding carboxylic acids is 1. The van der Waals surface area contributed by atoms with Crippen LogP contribution in [0.25, 0.3) is 0 Å². The van der Waals surface area contributed by atoms with E-state index in [2.05, 4.69) is 27.1 Å². The van der Waals surface area contributed by atoms with Gasteiger partial charge >= 0.3 is 6.03 Å². The van der Waals surface area contributed by atoms with Gasteiger partial charge in [-0.2, -0.15) is 0 Å². The second-order valence-corrected chi connectivity index (χ2v) is 11.3. The number of aromatic nitrogens is 1. The largest absolute Gasteiger partial charge is 0.334 e.